The minimum atomic E-state index is -4.60. The molecule has 0 aliphatic carbocycles. The molecule has 2 aromatic heterocycles. The van der Waals surface area contributed by atoms with Crippen LogP contribution in [0, 0.1) is 24.1 Å². The zero-order chi connectivity index (χ0) is 20.6. The van der Waals surface area contributed by atoms with Crippen molar-refractivity contribution in [2.75, 3.05) is 0 Å². The summed E-state index contributed by atoms with van der Waals surface area (Å²) in [4.78, 5) is 16.5. The smallest absolute Gasteiger partial charge is 0.340 e. The third-order valence-electron chi connectivity index (χ3n) is 4.13. The van der Waals surface area contributed by atoms with E-state index in [0.717, 1.165) is 19.2 Å². The lowest BCUT2D eigenvalue weighted by molar-refractivity contribution is -0.149. The second kappa shape index (κ2) is 6.92. The van der Waals surface area contributed by atoms with Crippen molar-refractivity contribution in [2.24, 2.45) is 0 Å². The molecule has 0 saturated heterocycles. The molecule has 0 radical (unpaired) electrons. The Morgan fingerprint density at radius 3 is 2.71 bits per heavy atom. The van der Waals surface area contributed by atoms with Crippen LogP contribution in [-0.2, 0) is 0 Å². The monoisotopic (exact) mass is 391 g/mol. The summed E-state index contributed by atoms with van der Waals surface area (Å²) >= 11 is 0. The molecule has 1 N–H and O–H groups in total. The number of fused-ring (bicyclic) bond motifs is 1. The first-order chi connectivity index (χ1) is 13.1. The third kappa shape index (κ3) is 3.38. The van der Waals surface area contributed by atoms with Crippen LogP contribution in [0.1, 0.15) is 28.5 Å². The SMILES string of the molecule is Cc1cc(-c2cccc(F)c2C#N)nc2c(C(=O)NC(C)C(F)(F)F)cnn12. The van der Waals surface area contributed by atoms with Gasteiger partial charge in [0.05, 0.1) is 17.5 Å². The lowest BCUT2D eigenvalue weighted by Crippen LogP contribution is -2.43. The summed E-state index contributed by atoms with van der Waals surface area (Å²) in [5.74, 6) is -1.73. The molecule has 10 heteroatoms. The second-order valence-electron chi connectivity index (χ2n) is 6.09. The molecule has 1 amide bonds. The lowest BCUT2D eigenvalue weighted by atomic mass is 10.0. The van der Waals surface area contributed by atoms with Crippen molar-refractivity contribution < 1.29 is 22.4 Å². The highest BCUT2D eigenvalue weighted by Crippen LogP contribution is 2.26. The average Bonchev–Trinajstić information content (AvgIpc) is 3.05. The van der Waals surface area contributed by atoms with Crippen molar-refractivity contribution in [2.45, 2.75) is 26.1 Å². The molecule has 28 heavy (non-hydrogen) atoms. The lowest BCUT2D eigenvalue weighted by Gasteiger charge is -2.16. The zero-order valence-corrected chi connectivity index (χ0v) is 14.7. The molecule has 0 aliphatic heterocycles. The number of rotatable bonds is 3. The molecule has 144 valence electrons. The van der Waals surface area contributed by atoms with E-state index in [0.29, 0.717) is 5.69 Å². The highest BCUT2D eigenvalue weighted by Gasteiger charge is 2.37. The number of hydrogen-bond donors (Lipinski definition) is 1. The van der Waals surface area contributed by atoms with Crippen LogP contribution in [0.15, 0.2) is 30.5 Å². The van der Waals surface area contributed by atoms with Crippen LogP contribution < -0.4 is 5.32 Å². The molecule has 3 aromatic rings. The van der Waals surface area contributed by atoms with E-state index in [9.17, 15) is 27.6 Å². The number of hydrogen-bond acceptors (Lipinski definition) is 4. The second-order valence-corrected chi connectivity index (χ2v) is 6.09. The fraction of sp³-hybridized carbons (Fsp3) is 0.222. The van der Waals surface area contributed by atoms with E-state index in [2.05, 4.69) is 10.1 Å². The van der Waals surface area contributed by atoms with Gasteiger partial charge in [0.15, 0.2) is 5.65 Å². The fourth-order valence-electron chi connectivity index (χ4n) is 2.62. The Morgan fingerprint density at radius 1 is 1.36 bits per heavy atom. The van der Waals surface area contributed by atoms with Gasteiger partial charge in [-0.2, -0.15) is 23.5 Å². The predicted molar refractivity (Wildman–Crippen MR) is 90.8 cm³/mol. The molecule has 1 atom stereocenters. The Morgan fingerprint density at radius 2 is 2.07 bits per heavy atom. The molecular formula is C18H13F4N5O. The van der Waals surface area contributed by atoms with Gasteiger partial charge in [-0.05, 0) is 26.0 Å². The normalized spacial score (nSPS) is 12.6. The number of benzene rings is 1. The van der Waals surface area contributed by atoms with Crippen molar-refractivity contribution >= 4 is 11.6 Å². The van der Waals surface area contributed by atoms with E-state index in [1.807, 2.05) is 5.32 Å². The summed E-state index contributed by atoms with van der Waals surface area (Å²) in [5, 5.41) is 15.0. The van der Waals surface area contributed by atoms with Crippen LogP contribution in [0.4, 0.5) is 17.6 Å². The van der Waals surface area contributed by atoms with Gasteiger partial charge in [-0.1, -0.05) is 12.1 Å². The Kier molecular flexibility index (Phi) is 4.77. The van der Waals surface area contributed by atoms with Crippen LogP contribution in [-0.4, -0.2) is 32.7 Å². The standard InChI is InChI=1S/C18H13F4N5O/c1-9-6-15(11-4-3-5-14(19)12(11)7-23)26-16-13(8-24-27(9)16)17(28)25-10(2)18(20,21)22/h3-6,8,10H,1-2H3,(H,25,28). The highest BCUT2D eigenvalue weighted by atomic mass is 19.4. The van der Waals surface area contributed by atoms with Gasteiger partial charge < -0.3 is 5.32 Å². The van der Waals surface area contributed by atoms with E-state index < -0.39 is 23.9 Å². The molecule has 2 heterocycles. The molecule has 0 fully saturated rings. The van der Waals surface area contributed by atoms with Crippen LogP contribution in [0.3, 0.4) is 0 Å². The molecule has 6 nitrogen and oxygen atoms in total. The van der Waals surface area contributed by atoms with Crippen molar-refractivity contribution in [3.05, 3.63) is 53.1 Å². The van der Waals surface area contributed by atoms with E-state index >= 15 is 0 Å². The maximum Gasteiger partial charge on any atom is 0.408 e. The molecule has 0 aliphatic rings. The summed E-state index contributed by atoms with van der Waals surface area (Å²) in [6.45, 7) is 2.45. The first kappa shape index (κ1) is 19.3. The number of alkyl halides is 3. The van der Waals surface area contributed by atoms with Crippen molar-refractivity contribution in [3.8, 4) is 17.3 Å². The number of nitriles is 1. The van der Waals surface area contributed by atoms with Crippen molar-refractivity contribution in [3.63, 3.8) is 0 Å². The van der Waals surface area contributed by atoms with Gasteiger partial charge in [0.1, 0.15) is 23.5 Å². The Hall–Kier alpha value is -3.48. The molecule has 0 saturated carbocycles. The van der Waals surface area contributed by atoms with Gasteiger partial charge in [0, 0.05) is 11.3 Å². The average molecular weight is 391 g/mol. The maximum absolute atomic E-state index is 13.9. The molecule has 1 unspecified atom stereocenters. The minimum Gasteiger partial charge on any atom is -0.340 e. The summed E-state index contributed by atoms with van der Waals surface area (Å²) in [5.41, 5.74) is 0.487. The van der Waals surface area contributed by atoms with Gasteiger partial charge >= 0.3 is 6.18 Å². The zero-order valence-electron chi connectivity index (χ0n) is 14.7. The predicted octanol–water partition coefficient (Wildman–Crippen LogP) is 3.40. The summed E-state index contributed by atoms with van der Waals surface area (Å²) in [6.07, 6.45) is -3.50. The van der Waals surface area contributed by atoms with Crippen LogP contribution in [0.2, 0.25) is 0 Å². The van der Waals surface area contributed by atoms with Gasteiger partial charge in [-0.25, -0.2) is 13.9 Å². The Labute approximate surface area is 156 Å². The number of nitrogens with one attached hydrogen (secondary N) is 1. The largest absolute Gasteiger partial charge is 0.408 e. The first-order valence-electron chi connectivity index (χ1n) is 8.05. The molecule has 0 bridgehead atoms. The number of halogens is 4. The summed E-state index contributed by atoms with van der Waals surface area (Å²) in [7, 11) is 0. The molecule has 0 spiro atoms. The Bertz CT molecular complexity index is 1110. The number of carbonyl (C=O) groups excluding carboxylic acids is 1. The summed E-state index contributed by atoms with van der Waals surface area (Å²) < 4.78 is 53.4. The highest BCUT2D eigenvalue weighted by molar-refractivity contribution is 6.00. The van der Waals surface area contributed by atoms with E-state index in [1.54, 1.807) is 13.0 Å². The quantitative estimate of drug-likeness (QED) is 0.694. The van der Waals surface area contributed by atoms with Gasteiger partial charge in [0.25, 0.3) is 5.91 Å². The van der Waals surface area contributed by atoms with Crippen molar-refractivity contribution in [1.29, 1.82) is 5.26 Å². The van der Waals surface area contributed by atoms with Crippen molar-refractivity contribution in [1.82, 2.24) is 19.9 Å². The number of amides is 1. The van der Waals surface area contributed by atoms with E-state index in [1.165, 1.54) is 22.7 Å². The van der Waals surface area contributed by atoms with Crippen LogP contribution in [0.25, 0.3) is 16.9 Å². The maximum atomic E-state index is 13.9. The van der Waals surface area contributed by atoms with Gasteiger partial charge in [-0.3, -0.25) is 4.79 Å². The first-order valence-corrected chi connectivity index (χ1v) is 8.05. The molecular weight excluding hydrogens is 378 g/mol. The summed E-state index contributed by atoms with van der Waals surface area (Å²) in [6, 6.07) is 5.26. The number of aryl methyl sites for hydroxylation is 1. The Balaban J connectivity index is 2.11. The number of carbonyl (C=O) groups is 1. The van der Waals surface area contributed by atoms with E-state index in [4.69, 9.17) is 0 Å². The topological polar surface area (TPSA) is 83.1 Å². The number of aromatic nitrogens is 3. The van der Waals surface area contributed by atoms with E-state index in [-0.39, 0.29) is 28.0 Å². The van der Waals surface area contributed by atoms with Crippen LogP contribution >= 0.6 is 0 Å². The third-order valence-corrected chi connectivity index (χ3v) is 4.13. The van der Waals surface area contributed by atoms with Gasteiger partial charge in [-0.15, -0.1) is 0 Å². The molecule has 1 aromatic carbocycles. The molecule has 3 rings (SSSR count). The van der Waals surface area contributed by atoms with Crippen LogP contribution in [0.5, 0.6) is 0 Å². The minimum absolute atomic E-state index is 0.00461. The van der Waals surface area contributed by atoms with Gasteiger partial charge in [0.2, 0.25) is 0 Å². The number of nitrogens with zero attached hydrogens (tertiary/aromatic N) is 4. The fourth-order valence-corrected chi connectivity index (χ4v) is 2.62.